The number of amides is 1. The van der Waals surface area contributed by atoms with Gasteiger partial charge in [-0.15, -0.1) is 0 Å². The maximum absolute atomic E-state index is 12.9. The molecule has 2 nitrogen and oxygen atoms in total. The summed E-state index contributed by atoms with van der Waals surface area (Å²) in [6, 6.07) is 9.34. The Hall–Kier alpha value is -2.37. The van der Waals surface area contributed by atoms with Crippen LogP contribution in [0.4, 0.5) is 23.2 Å². The van der Waals surface area contributed by atoms with Gasteiger partial charge in [-0.1, -0.05) is 0 Å². The Kier molecular flexibility index (Phi) is 4.49. The van der Waals surface area contributed by atoms with Gasteiger partial charge in [-0.2, -0.15) is 13.2 Å². The lowest BCUT2D eigenvalue weighted by Crippen LogP contribution is -2.30. The highest BCUT2D eigenvalue weighted by molar-refractivity contribution is 6.06. The second-order valence-electron chi connectivity index (χ2n) is 4.60. The monoisotopic (exact) mass is 311 g/mol. The largest absolute Gasteiger partial charge is 0.416 e. The molecule has 0 aliphatic carbocycles. The van der Waals surface area contributed by atoms with E-state index in [4.69, 9.17) is 0 Å². The highest BCUT2D eigenvalue weighted by atomic mass is 19.4. The quantitative estimate of drug-likeness (QED) is 0.764. The number of alkyl halides is 3. The minimum Gasteiger partial charge on any atom is -0.309 e. The summed E-state index contributed by atoms with van der Waals surface area (Å²) >= 11 is 0. The van der Waals surface area contributed by atoms with E-state index in [0.717, 1.165) is 24.3 Å². The molecule has 0 aromatic heterocycles. The molecule has 116 valence electrons. The van der Waals surface area contributed by atoms with Crippen LogP contribution in [0.2, 0.25) is 0 Å². The number of nitrogens with zero attached hydrogens (tertiary/aromatic N) is 1. The molecule has 1 amide bonds. The van der Waals surface area contributed by atoms with Gasteiger partial charge in [-0.05, 0) is 55.5 Å². The zero-order chi connectivity index (χ0) is 16.3. The zero-order valence-corrected chi connectivity index (χ0v) is 11.7. The minimum absolute atomic E-state index is 0.138. The SMILES string of the molecule is CCN(C(=O)c1ccc(C(F)(F)F)cc1)c1ccc(F)cc1. The molecule has 0 saturated carbocycles. The van der Waals surface area contributed by atoms with Crippen LogP contribution in [0.15, 0.2) is 48.5 Å². The summed E-state index contributed by atoms with van der Waals surface area (Å²) in [7, 11) is 0. The summed E-state index contributed by atoms with van der Waals surface area (Å²) in [5.74, 6) is -0.871. The van der Waals surface area contributed by atoms with Crippen molar-refractivity contribution in [2.24, 2.45) is 0 Å². The number of benzene rings is 2. The fraction of sp³-hybridized carbons (Fsp3) is 0.188. The van der Waals surface area contributed by atoms with Gasteiger partial charge in [-0.3, -0.25) is 4.79 Å². The molecule has 0 fully saturated rings. The van der Waals surface area contributed by atoms with Crippen LogP contribution in [-0.4, -0.2) is 12.5 Å². The van der Waals surface area contributed by atoms with Gasteiger partial charge in [0.2, 0.25) is 0 Å². The Balaban J connectivity index is 2.27. The summed E-state index contributed by atoms with van der Waals surface area (Å²) in [5, 5.41) is 0. The molecule has 2 aromatic carbocycles. The minimum atomic E-state index is -4.44. The first-order valence-electron chi connectivity index (χ1n) is 6.57. The molecule has 0 aliphatic heterocycles. The van der Waals surface area contributed by atoms with E-state index in [-0.39, 0.29) is 5.56 Å². The van der Waals surface area contributed by atoms with E-state index in [1.165, 1.54) is 29.2 Å². The van der Waals surface area contributed by atoms with Crippen molar-refractivity contribution in [3.8, 4) is 0 Å². The Morgan fingerprint density at radius 3 is 2.00 bits per heavy atom. The van der Waals surface area contributed by atoms with Gasteiger partial charge in [0.05, 0.1) is 5.56 Å². The van der Waals surface area contributed by atoms with Gasteiger partial charge in [0.15, 0.2) is 0 Å². The van der Waals surface area contributed by atoms with E-state index in [1.54, 1.807) is 6.92 Å². The van der Waals surface area contributed by atoms with E-state index in [0.29, 0.717) is 12.2 Å². The standard InChI is InChI=1S/C16H13F4NO/c1-2-21(14-9-7-13(17)8-10-14)15(22)11-3-5-12(6-4-11)16(18,19)20/h3-10H,2H2,1H3. The van der Waals surface area contributed by atoms with E-state index in [2.05, 4.69) is 0 Å². The van der Waals surface area contributed by atoms with Crippen LogP contribution in [0.3, 0.4) is 0 Å². The second-order valence-corrected chi connectivity index (χ2v) is 4.60. The number of rotatable bonds is 3. The van der Waals surface area contributed by atoms with Crippen LogP contribution in [0.25, 0.3) is 0 Å². The smallest absolute Gasteiger partial charge is 0.309 e. The summed E-state index contributed by atoms with van der Waals surface area (Å²) in [6.45, 7) is 2.04. The van der Waals surface area contributed by atoms with Gasteiger partial charge in [0.25, 0.3) is 5.91 Å². The molecule has 0 spiro atoms. The highest BCUT2D eigenvalue weighted by Gasteiger charge is 2.30. The molecule has 2 rings (SSSR count). The summed E-state index contributed by atoms with van der Waals surface area (Å²) < 4.78 is 50.5. The lowest BCUT2D eigenvalue weighted by molar-refractivity contribution is -0.137. The van der Waals surface area contributed by atoms with E-state index in [1.807, 2.05) is 0 Å². The molecule has 0 unspecified atom stereocenters. The van der Waals surface area contributed by atoms with Crippen LogP contribution in [0.5, 0.6) is 0 Å². The van der Waals surface area contributed by atoms with E-state index in [9.17, 15) is 22.4 Å². The molecule has 0 bridgehead atoms. The lowest BCUT2D eigenvalue weighted by Gasteiger charge is -2.21. The van der Waals surface area contributed by atoms with Gasteiger partial charge in [0.1, 0.15) is 5.82 Å². The van der Waals surface area contributed by atoms with Crippen molar-refractivity contribution in [2.45, 2.75) is 13.1 Å². The van der Waals surface area contributed by atoms with Crippen molar-refractivity contribution in [1.29, 1.82) is 0 Å². The number of hydrogen-bond donors (Lipinski definition) is 0. The molecule has 0 saturated heterocycles. The molecule has 22 heavy (non-hydrogen) atoms. The first kappa shape index (κ1) is 16.0. The molecular formula is C16H13F4NO. The molecule has 0 atom stereocenters. The molecule has 0 radical (unpaired) electrons. The predicted molar refractivity (Wildman–Crippen MR) is 75.2 cm³/mol. The van der Waals surface area contributed by atoms with Crippen molar-refractivity contribution in [3.63, 3.8) is 0 Å². The van der Waals surface area contributed by atoms with Crippen molar-refractivity contribution in [2.75, 3.05) is 11.4 Å². The van der Waals surface area contributed by atoms with Crippen molar-refractivity contribution in [1.82, 2.24) is 0 Å². The highest BCUT2D eigenvalue weighted by Crippen LogP contribution is 2.29. The van der Waals surface area contributed by atoms with Crippen molar-refractivity contribution >= 4 is 11.6 Å². The maximum atomic E-state index is 12.9. The fourth-order valence-electron chi connectivity index (χ4n) is 2.02. The Morgan fingerprint density at radius 1 is 1.00 bits per heavy atom. The number of anilines is 1. The Morgan fingerprint density at radius 2 is 1.55 bits per heavy atom. The van der Waals surface area contributed by atoms with Gasteiger partial charge >= 0.3 is 6.18 Å². The first-order valence-corrected chi connectivity index (χ1v) is 6.57. The zero-order valence-electron chi connectivity index (χ0n) is 11.7. The van der Waals surface area contributed by atoms with Crippen LogP contribution in [-0.2, 0) is 6.18 Å². The van der Waals surface area contributed by atoms with Crippen LogP contribution in [0.1, 0.15) is 22.8 Å². The number of carbonyl (C=O) groups is 1. The predicted octanol–water partition coefficient (Wildman–Crippen LogP) is 4.51. The molecule has 0 N–H and O–H groups in total. The average molecular weight is 311 g/mol. The third kappa shape index (κ3) is 3.44. The topological polar surface area (TPSA) is 20.3 Å². The van der Waals surface area contributed by atoms with Crippen LogP contribution >= 0.6 is 0 Å². The van der Waals surface area contributed by atoms with Gasteiger partial charge in [0, 0.05) is 17.8 Å². The summed E-state index contributed by atoms with van der Waals surface area (Å²) in [6.07, 6.45) is -4.44. The van der Waals surface area contributed by atoms with Gasteiger partial charge in [-0.25, -0.2) is 4.39 Å². The normalized spacial score (nSPS) is 11.3. The van der Waals surface area contributed by atoms with E-state index < -0.39 is 23.5 Å². The summed E-state index contributed by atoms with van der Waals surface area (Å²) in [4.78, 5) is 13.7. The molecule has 0 aliphatic rings. The maximum Gasteiger partial charge on any atom is 0.416 e. The third-order valence-electron chi connectivity index (χ3n) is 3.16. The van der Waals surface area contributed by atoms with E-state index >= 15 is 0 Å². The molecule has 2 aromatic rings. The Labute approximate surface area is 125 Å². The lowest BCUT2D eigenvalue weighted by atomic mass is 10.1. The molecule has 6 heteroatoms. The molecular weight excluding hydrogens is 298 g/mol. The average Bonchev–Trinajstić information content (AvgIpc) is 2.49. The van der Waals surface area contributed by atoms with Crippen molar-refractivity contribution < 1.29 is 22.4 Å². The van der Waals surface area contributed by atoms with Gasteiger partial charge < -0.3 is 4.90 Å². The number of hydrogen-bond acceptors (Lipinski definition) is 1. The van der Waals surface area contributed by atoms with Crippen LogP contribution in [0, 0.1) is 5.82 Å². The van der Waals surface area contributed by atoms with Crippen LogP contribution < -0.4 is 4.90 Å². The Bertz CT molecular complexity index is 647. The number of halogens is 4. The van der Waals surface area contributed by atoms with Crippen molar-refractivity contribution in [3.05, 3.63) is 65.5 Å². The fourth-order valence-corrected chi connectivity index (χ4v) is 2.02. The third-order valence-corrected chi connectivity index (χ3v) is 3.16. The second kappa shape index (κ2) is 6.17. The number of carbonyl (C=O) groups excluding carboxylic acids is 1. The molecule has 0 heterocycles. The summed E-state index contributed by atoms with van der Waals surface area (Å²) in [5.41, 5.74) is -0.193. The first-order chi connectivity index (χ1) is 10.3.